The summed E-state index contributed by atoms with van der Waals surface area (Å²) in [5.41, 5.74) is 3.78. The Kier molecular flexibility index (Phi) is 5.05. The molecular weight excluding hydrogens is 352 g/mol. The number of nitrogens with zero attached hydrogens (tertiary/aromatic N) is 5. The topological polar surface area (TPSA) is 89.6 Å². The molecule has 140 valence electrons. The van der Waals surface area contributed by atoms with E-state index in [1.165, 1.54) is 0 Å². The number of rotatable bonds is 6. The normalized spacial score (nSPS) is 11.9. The molecule has 0 amide bonds. The zero-order valence-corrected chi connectivity index (χ0v) is 15.7. The van der Waals surface area contributed by atoms with Gasteiger partial charge in [-0.25, -0.2) is 4.98 Å². The van der Waals surface area contributed by atoms with Crippen LogP contribution in [0, 0.1) is 6.92 Å². The number of nitrogens with one attached hydrogen (secondary N) is 1. The molecule has 0 aliphatic carbocycles. The van der Waals surface area contributed by atoms with E-state index in [1.54, 1.807) is 24.8 Å². The van der Waals surface area contributed by atoms with Gasteiger partial charge in [0.2, 0.25) is 5.82 Å². The van der Waals surface area contributed by atoms with E-state index >= 15 is 0 Å². The Bertz CT molecular complexity index is 1050. The molecule has 7 nitrogen and oxygen atoms in total. The van der Waals surface area contributed by atoms with Crippen molar-refractivity contribution in [3.63, 3.8) is 0 Å². The number of anilines is 1. The lowest BCUT2D eigenvalue weighted by Crippen LogP contribution is -2.19. The molecule has 3 heterocycles. The maximum Gasteiger partial charge on any atom is 0.259 e. The molecule has 0 radical (unpaired) electrons. The summed E-state index contributed by atoms with van der Waals surface area (Å²) >= 11 is 0. The van der Waals surface area contributed by atoms with Crippen LogP contribution in [0.15, 0.2) is 65.7 Å². The molecule has 7 heteroatoms. The fraction of sp³-hybridized carbons (Fsp3) is 0.190. The van der Waals surface area contributed by atoms with Crippen LogP contribution in [-0.4, -0.2) is 31.1 Å². The van der Waals surface area contributed by atoms with Crippen molar-refractivity contribution < 1.29 is 4.52 Å². The molecule has 0 fully saturated rings. The quantitative estimate of drug-likeness (QED) is 0.548. The first-order valence-electron chi connectivity index (χ1n) is 9.06. The maximum atomic E-state index is 5.42. The van der Waals surface area contributed by atoms with Crippen LogP contribution in [0.5, 0.6) is 0 Å². The number of aryl methyl sites for hydroxylation is 1. The second kappa shape index (κ2) is 7.96. The summed E-state index contributed by atoms with van der Waals surface area (Å²) in [6.45, 7) is 4.10. The van der Waals surface area contributed by atoms with Crippen molar-refractivity contribution in [1.29, 1.82) is 0 Å². The molecule has 0 saturated carbocycles. The largest absolute Gasteiger partial charge is 0.367 e. The van der Waals surface area contributed by atoms with Gasteiger partial charge in [0.1, 0.15) is 5.82 Å². The Morgan fingerprint density at radius 3 is 2.68 bits per heavy atom. The minimum Gasteiger partial charge on any atom is -0.367 e. The first-order chi connectivity index (χ1) is 13.7. The first-order valence-corrected chi connectivity index (χ1v) is 9.06. The van der Waals surface area contributed by atoms with Crippen molar-refractivity contribution in [3.8, 4) is 22.8 Å². The van der Waals surface area contributed by atoms with Crippen LogP contribution in [0.1, 0.15) is 18.2 Å². The molecule has 4 rings (SSSR count). The first kappa shape index (κ1) is 17.8. The fourth-order valence-corrected chi connectivity index (χ4v) is 2.93. The summed E-state index contributed by atoms with van der Waals surface area (Å²) in [5, 5.41) is 7.46. The Morgan fingerprint density at radius 1 is 1.04 bits per heavy atom. The van der Waals surface area contributed by atoms with Crippen molar-refractivity contribution in [2.75, 3.05) is 5.32 Å². The van der Waals surface area contributed by atoms with E-state index in [9.17, 15) is 0 Å². The summed E-state index contributed by atoms with van der Waals surface area (Å²) in [6.07, 6.45) is 7.64. The molecular formula is C21H20N6O. The smallest absolute Gasteiger partial charge is 0.259 e. The lowest BCUT2D eigenvalue weighted by molar-refractivity contribution is 0.432. The van der Waals surface area contributed by atoms with E-state index in [4.69, 9.17) is 4.52 Å². The molecule has 1 aromatic carbocycles. The highest BCUT2D eigenvalue weighted by Crippen LogP contribution is 2.24. The number of hydrogen-bond acceptors (Lipinski definition) is 7. The number of aromatic nitrogens is 5. The predicted molar refractivity (Wildman–Crippen MR) is 107 cm³/mol. The average molecular weight is 372 g/mol. The fourth-order valence-electron chi connectivity index (χ4n) is 2.93. The monoisotopic (exact) mass is 372 g/mol. The van der Waals surface area contributed by atoms with Gasteiger partial charge in [-0.05, 0) is 31.5 Å². The Labute approximate surface area is 162 Å². The molecule has 1 atom stereocenters. The molecule has 0 unspecified atom stereocenters. The Morgan fingerprint density at radius 2 is 1.93 bits per heavy atom. The van der Waals surface area contributed by atoms with Crippen LogP contribution in [-0.2, 0) is 6.42 Å². The van der Waals surface area contributed by atoms with Gasteiger partial charge in [-0.1, -0.05) is 29.4 Å². The number of hydrogen-bond donors (Lipinski definition) is 1. The molecule has 0 bridgehead atoms. The van der Waals surface area contributed by atoms with Crippen LogP contribution in [0.3, 0.4) is 0 Å². The third-order valence-corrected chi connectivity index (χ3v) is 4.35. The van der Waals surface area contributed by atoms with Crippen LogP contribution in [0.2, 0.25) is 0 Å². The average Bonchev–Trinajstić information content (AvgIpc) is 3.19. The van der Waals surface area contributed by atoms with Crippen LogP contribution >= 0.6 is 0 Å². The van der Waals surface area contributed by atoms with E-state index in [2.05, 4.69) is 37.3 Å². The molecule has 4 aromatic rings. The van der Waals surface area contributed by atoms with Gasteiger partial charge in [0.25, 0.3) is 5.89 Å². The summed E-state index contributed by atoms with van der Waals surface area (Å²) in [7, 11) is 0. The van der Waals surface area contributed by atoms with Crippen molar-refractivity contribution in [2.45, 2.75) is 26.3 Å². The van der Waals surface area contributed by atoms with Crippen LogP contribution in [0.25, 0.3) is 22.8 Å². The maximum absolute atomic E-state index is 5.42. The van der Waals surface area contributed by atoms with Gasteiger partial charge >= 0.3 is 0 Å². The second-order valence-corrected chi connectivity index (χ2v) is 6.62. The summed E-state index contributed by atoms with van der Waals surface area (Å²) in [6, 6.07) is 11.9. The van der Waals surface area contributed by atoms with Crippen LogP contribution in [0.4, 0.5) is 5.82 Å². The molecule has 0 aliphatic rings. The van der Waals surface area contributed by atoms with E-state index in [0.717, 1.165) is 34.6 Å². The Balaban J connectivity index is 1.44. The lowest BCUT2D eigenvalue weighted by atomic mass is 10.1. The standard InChI is InChI=1S/C21H20N6O/c1-14-5-3-4-6-18(14)20-26-21(28-27-20)16-7-8-19(24-12-16)25-15(2)11-17-13-22-9-10-23-17/h3-10,12-13,15H,11H2,1-2H3,(H,24,25)/t15-/m1/s1. The van der Waals surface area contributed by atoms with Gasteiger partial charge in [0, 0.05) is 42.8 Å². The van der Waals surface area contributed by atoms with Gasteiger partial charge in [0.15, 0.2) is 0 Å². The minimum absolute atomic E-state index is 0.172. The van der Waals surface area contributed by atoms with E-state index in [-0.39, 0.29) is 6.04 Å². The van der Waals surface area contributed by atoms with Crippen molar-refractivity contribution >= 4 is 5.82 Å². The van der Waals surface area contributed by atoms with Crippen LogP contribution < -0.4 is 5.32 Å². The predicted octanol–water partition coefficient (Wildman–Crippen LogP) is 3.94. The Hall–Kier alpha value is -3.61. The SMILES string of the molecule is Cc1ccccc1-c1noc(-c2ccc(N[C@H](C)Cc3cnccn3)nc2)n1. The molecule has 0 aliphatic heterocycles. The van der Waals surface area contributed by atoms with Gasteiger partial charge in [-0.2, -0.15) is 4.98 Å². The van der Waals surface area contributed by atoms with Crippen molar-refractivity contribution in [2.24, 2.45) is 0 Å². The third kappa shape index (κ3) is 4.03. The van der Waals surface area contributed by atoms with Gasteiger partial charge in [-0.15, -0.1) is 0 Å². The van der Waals surface area contributed by atoms with E-state index < -0.39 is 0 Å². The molecule has 0 spiro atoms. The summed E-state index contributed by atoms with van der Waals surface area (Å²) in [5.74, 6) is 1.80. The molecule has 1 N–H and O–H groups in total. The van der Waals surface area contributed by atoms with E-state index in [1.807, 2.05) is 43.3 Å². The number of benzene rings is 1. The molecule has 3 aromatic heterocycles. The number of pyridine rings is 1. The highest BCUT2D eigenvalue weighted by molar-refractivity contribution is 5.62. The summed E-state index contributed by atoms with van der Waals surface area (Å²) in [4.78, 5) is 17.4. The highest BCUT2D eigenvalue weighted by Gasteiger charge is 2.13. The van der Waals surface area contributed by atoms with Gasteiger partial charge in [0.05, 0.1) is 11.3 Å². The lowest BCUT2D eigenvalue weighted by Gasteiger charge is -2.13. The van der Waals surface area contributed by atoms with Gasteiger partial charge in [-0.3, -0.25) is 9.97 Å². The van der Waals surface area contributed by atoms with Crippen molar-refractivity contribution in [3.05, 3.63) is 72.4 Å². The second-order valence-electron chi connectivity index (χ2n) is 6.62. The summed E-state index contributed by atoms with van der Waals surface area (Å²) < 4.78 is 5.42. The van der Waals surface area contributed by atoms with E-state index in [0.29, 0.717) is 11.7 Å². The molecule has 28 heavy (non-hydrogen) atoms. The zero-order valence-electron chi connectivity index (χ0n) is 15.7. The van der Waals surface area contributed by atoms with Crippen molar-refractivity contribution in [1.82, 2.24) is 25.1 Å². The van der Waals surface area contributed by atoms with Gasteiger partial charge < -0.3 is 9.84 Å². The third-order valence-electron chi connectivity index (χ3n) is 4.35. The molecule has 0 saturated heterocycles. The highest BCUT2D eigenvalue weighted by atomic mass is 16.5. The minimum atomic E-state index is 0.172. The zero-order chi connectivity index (χ0) is 19.3.